The number of carboxylic acids is 1. The van der Waals surface area contributed by atoms with Gasteiger partial charge in [0.1, 0.15) is 6.10 Å². The Balaban J connectivity index is 1.47. The molecule has 15 heteroatoms. The van der Waals surface area contributed by atoms with E-state index in [4.69, 9.17) is 4.74 Å². The molecule has 3 aromatic rings. The fourth-order valence-electron chi connectivity index (χ4n) is 6.56. The Kier molecular flexibility index (Phi) is 9.97. The van der Waals surface area contributed by atoms with Crippen molar-refractivity contribution in [3.05, 3.63) is 65.7 Å². The van der Waals surface area contributed by atoms with Gasteiger partial charge < -0.3 is 24.2 Å². The molecule has 1 amide bonds. The quantitative estimate of drug-likeness (QED) is 0.233. The molecule has 3 atom stereocenters. The second-order valence-electron chi connectivity index (χ2n) is 12.5. The van der Waals surface area contributed by atoms with E-state index in [0.29, 0.717) is 43.4 Å². The summed E-state index contributed by atoms with van der Waals surface area (Å²) < 4.78 is 90.1. The second kappa shape index (κ2) is 13.7. The Morgan fingerprint density at radius 2 is 1.48 bits per heavy atom. The summed E-state index contributed by atoms with van der Waals surface area (Å²) in [5, 5.41) is 9.18. The van der Waals surface area contributed by atoms with Gasteiger partial charge in [-0.05, 0) is 68.4 Å². The largest absolute Gasteiger partial charge is 0.481 e. The van der Waals surface area contributed by atoms with E-state index in [2.05, 4.69) is 9.97 Å². The molecule has 1 aromatic carbocycles. The first-order valence-electron chi connectivity index (χ1n) is 15.8. The molecule has 0 bridgehead atoms. The van der Waals surface area contributed by atoms with Gasteiger partial charge in [-0.25, -0.2) is 14.8 Å². The third-order valence-electron chi connectivity index (χ3n) is 9.24. The molecule has 1 saturated heterocycles. The Morgan fingerprint density at radius 1 is 0.917 bits per heavy atom. The number of alkyl halides is 6. The minimum atomic E-state index is -5.01. The van der Waals surface area contributed by atoms with E-state index in [9.17, 15) is 41.0 Å². The predicted octanol–water partition coefficient (Wildman–Crippen LogP) is 7.55. The number of aryl methyl sites for hydroxylation is 1. The summed E-state index contributed by atoms with van der Waals surface area (Å²) in [6.07, 6.45) is -2.20. The summed E-state index contributed by atoms with van der Waals surface area (Å²) in [6, 6.07) is 2.16. The predicted molar refractivity (Wildman–Crippen MR) is 163 cm³/mol. The lowest BCUT2D eigenvalue weighted by atomic mass is 9.82. The highest BCUT2D eigenvalue weighted by Crippen LogP contribution is 2.39. The number of hydrogen-bond donors (Lipinski definition) is 1. The summed E-state index contributed by atoms with van der Waals surface area (Å²) in [4.78, 5) is 36.9. The van der Waals surface area contributed by atoms with Gasteiger partial charge in [0, 0.05) is 67.6 Å². The Hall–Kier alpha value is -4.30. The lowest BCUT2D eigenvalue weighted by Crippen LogP contribution is -2.57. The molecule has 2 fully saturated rings. The van der Waals surface area contributed by atoms with E-state index in [1.54, 1.807) is 22.2 Å². The van der Waals surface area contributed by atoms with Gasteiger partial charge in [-0.3, -0.25) is 4.79 Å². The summed E-state index contributed by atoms with van der Waals surface area (Å²) in [6.45, 7) is 3.40. The van der Waals surface area contributed by atoms with Crippen LogP contribution in [0.3, 0.4) is 0 Å². The van der Waals surface area contributed by atoms with Crippen molar-refractivity contribution in [3.63, 3.8) is 0 Å². The maximum atomic E-state index is 13.8. The van der Waals surface area contributed by atoms with Crippen molar-refractivity contribution in [2.75, 3.05) is 4.90 Å². The number of carbonyl (C=O) groups is 2. The number of halogens is 6. The zero-order chi connectivity index (χ0) is 35.0. The molecule has 0 spiro atoms. The van der Waals surface area contributed by atoms with Crippen molar-refractivity contribution >= 4 is 18.0 Å². The van der Waals surface area contributed by atoms with Crippen LogP contribution in [-0.4, -0.2) is 60.8 Å². The highest BCUT2D eigenvalue weighted by molar-refractivity contribution is 5.72. The molecule has 2 aliphatic rings. The van der Waals surface area contributed by atoms with Crippen LogP contribution in [0.4, 0.5) is 37.1 Å². The number of aromatic nitrogens is 3. The molecule has 3 heterocycles. The molecule has 1 N–H and O–H groups in total. The number of carbonyl (C=O) groups excluding carboxylic acids is 1. The highest BCUT2D eigenvalue weighted by atomic mass is 19.4. The van der Waals surface area contributed by atoms with E-state index < -0.39 is 53.6 Å². The van der Waals surface area contributed by atoms with Crippen LogP contribution in [0.2, 0.25) is 0 Å². The zero-order valence-electron chi connectivity index (χ0n) is 26.6. The lowest BCUT2D eigenvalue weighted by molar-refractivity contribution is -0.149. The minimum absolute atomic E-state index is 0.101. The third kappa shape index (κ3) is 7.70. The number of amides is 1. The summed E-state index contributed by atoms with van der Waals surface area (Å²) in [5.41, 5.74) is -1.54. The van der Waals surface area contributed by atoms with Crippen LogP contribution in [0, 0.1) is 5.92 Å². The Morgan fingerprint density at radius 3 is 1.94 bits per heavy atom. The van der Waals surface area contributed by atoms with Crippen LogP contribution >= 0.6 is 0 Å². The molecule has 5 rings (SSSR count). The molecular formula is C33H37F6N5O4. The smallest absolute Gasteiger partial charge is 0.416 e. The van der Waals surface area contributed by atoms with Crippen LogP contribution < -0.4 is 4.90 Å². The number of ether oxygens (including phenoxy) is 1. The van der Waals surface area contributed by atoms with Crippen LogP contribution in [0.15, 0.2) is 49.1 Å². The van der Waals surface area contributed by atoms with Crippen molar-refractivity contribution in [1.29, 1.82) is 0 Å². The average molecular weight is 682 g/mol. The molecule has 48 heavy (non-hydrogen) atoms. The molecule has 260 valence electrons. The summed E-state index contributed by atoms with van der Waals surface area (Å²) >= 11 is 0. The molecule has 2 aromatic heterocycles. The Bertz CT molecular complexity index is 1560. The maximum Gasteiger partial charge on any atom is 0.416 e. The van der Waals surface area contributed by atoms with Gasteiger partial charge in [0.25, 0.3) is 0 Å². The lowest BCUT2D eigenvalue weighted by Gasteiger charge is -2.48. The van der Waals surface area contributed by atoms with Crippen LogP contribution in [0.1, 0.15) is 69.1 Å². The molecule has 1 aliphatic heterocycles. The van der Waals surface area contributed by atoms with Crippen LogP contribution in [0.25, 0.3) is 11.1 Å². The highest BCUT2D eigenvalue weighted by Gasteiger charge is 2.44. The second-order valence-corrected chi connectivity index (χ2v) is 12.5. The fourth-order valence-corrected chi connectivity index (χ4v) is 6.56. The van der Waals surface area contributed by atoms with E-state index in [1.165, 1.54) is 0 Å². The van der Waals surface area contributed by atoms with Gasteiger partial charge in [0.2, 0.25) is 5.95 Å². The van der Waals surface area contributed by atoms with E-state index in [1.807, 2.05) is 43.9 Å². The molecular weight excluding hydrogens is 644 g/mol. The Labute approximate surface area is 273 Å². The normalized spacial score (nSPS) is 23.0. The van der Waals surface area contributed by atoms with E-state index in [-0.39, 0.29) is 49.0 Å². The third-order valence-corrected chi connectivity index (χ3v) is 9.24. The first kappa shape index (κ1) is 35.0. The number of nitrogens with zero attached hydrogens (tertiary/aromatic N) is 5. The SMILES string of the molecule is CC[C@@H]1C[C@H](N(Cc2cc(C(F)(F)F)cc(C(F)(F)F)c2)c2ncc(-c3ccn(C)c3)cn2)C[C@H](CC)N1C(=O)O[C@H]1C[C@H](C(=O)O)C1. The van der Waals surface area contributed by atoms with Gasteiger partial charge in [-0.2, -0.15) is 26.3 Å². The minimum Gasteiger partial charge on any atom is -0.481 e. The average Bonchev–Trinajstić information content (AvgIpc) is 3.45. The van der Waals surface area contributed by atoms with Crippen LogP contribution in [0.5, 0.6) is 0 Å². The van der Waals surface area contributed by atoms with Crippen molar-refractivity contribution in [2.45, 2.75) is 95.5 Å². The number of rotatable bonds is 9. The van der Waals surface area contributed by atoms with Crippen molar-refractivity contribution in [1.82, 2.24) is 19.4 Å². The number of anilines is 1. The monoisotopic (exact) mass is 681 g/mol. The maximum absolute atomic E-state index is 13.8. The first-order chi connectivity index (χ1) is 22.6. The van der Waals surface area contributed by atoms with E-state index >= 15 is 0 Å². The molecule has 1 saturated carbocycles. The van der Waals surface area contributed by atoms with Crippen molar-refractivity contribution < 1.29 is 45.8 Å². The standard InChI is InChI=1S/C33H37F6N5O4/c1-4-25-13-27(14-26(5-2)44(25)31(47)48-28-10-21(11-28)29(45)46)43(30-40-15-22(16-41-30)20-6-7-42(3)18-20)17-19-8-23(32(34,35)36)12-24(9-19)33(37,38)39/h6-9,12,15-16,18,21,25-28H,4-5,10-11,13-14,17H2,1-3H3,(H,45,46)/t21-,25-,26+,27+,28-. The first-order valence-corrected chi connectivity index (χ1v) is 15.8. The van der Waals surface area contributed by atoms with Gasteiger partial charge in [0.05, 0.1) is 17.0 Å². The van der Waals surface area contributed by atoms with Gasteiger partial charge in [-0.1, -0.05) is 13.8 Å². The van der Waals surface area contributed by atoms with Crippen molar-refractivity contribution in [3.8, 4) is 11.1 Å². The van der Waals surface area contributed by atoms with Gasteiger partial charge in [-0.15, -0.1) is 0 Å². The van der Waals surface area contributed by atoms with Crippen LogP contribution in [-0.2, 0) is 35.5 Å². The molecule has 0 unspecified atom stereocenters. The number of hydrogen-bond acceptors (Lipinski definition) is 6. The fraction of sp³-hybridized carbons (Fsp3) is 0.515. The summed E-state index contributed by atoms with van der Waals surface area (Å²) in [7, 11) is 1.85. The number of piperidine rings is 1. The number of aliphatic carboxylic acids is 1. The number of likely N-dealkylation sites (tertiary alicyclic amines) is 1. The number of carboxylic acid groups (broad SMARTS) is 1. The topological polar surface area (TPSA) is 101 Å². The summed E-state index contributed by atoms with van der Waals surface area (Å²) in [5.74, 6) is -1.38. The van der Waals surface area contributed by atoms with Gasteiger partial charge >= 0.3 is 24.4 Å². The molecule has 0 radical (unpaired) electrons. The van der Waals surface area contributed by atoms with E-state index in [0.717, 1.165) is 5.56 Å². The molecule has 9 nitrogen and oxygen atoms in total. The van der Waals surface area contributed by atoms with Crippen molar-refractivity contribution in [2.24, 2.45) is 13.0 Å². The zero-order valence-corrected chi connectivity index (χ0v) is 26.6. The van der Waals surface area contributed by atoms with Gasteiger partial charge in [0.15, 0.2) is 0 Å². The molecule has 1 aliphatic carbocycles. The number of benzene rings is 1.